The quantitative estimate of drug-likeness (QED) is 0.804. The van der Waals surface area contributed by atoms with E-state index in [1.54, 1.807) is 0 Å². The summed E-state index contributed by atoms with van der Waals surface area (Å²) in [6.07, 6.45) is 6.76. The Morgan fingerprint density at radius 1 is 1.27 bits per heavy atom. The van der Waals surface area contributed by atoms with Crippen LogP contribution in [0, 0.1) is 6.92 Å². The Balaban J connectivity index is 2.17. The Morgan fingerprint density at radius 2 is 2.00 bits per heavy atom. The van der Waals surface area contributed by atoms with Crippen molar-refractivity contribution in [2.75, 3.05) is 0 Å². The number of rotatable bonds is 2. The second-order valence-electron chi connectivity index (χ2n) is 4.52. The lowest BCUT2D eigenvalue weighted by Gasteiger charge is -2.21. The van der Waals surface area contributed by atoms with Crippen LogP contribution in [0.3, 0.4) is 0 Å². The first-order valence-electron chi connectivity index (χ1n) is 5.97. The molecule has 2 nitrogen and oxygen atoms in total. The van der Waals surface area contributed by atoms with E-state index in [1.807, 2.05) is 0 Å². The Morgan fingerprint density at radius 3 is 2.60 bits per heavy atom. The number of aryl methyl sites for hydroxylation is 1. The van der Waals surface area contributed by atoms with Crippen molar-refractivity contribution < 1.29 is 0 Å². The van der Waals surface area contributed by atoms with Crippen LogP contribution in [-0.2, 0) is 6.54 Å². The Kier molecular flexibility index (Phi) is 3.37. The number of pyridine rings is 1. The number of hydrogen-bond donors (Lipinski definition) is 1. The zero-order valence-corrected chi connectivity index (χ0v) is 9.50. The van der Waals surface area contributed by atoms with Crippen LogP contribution in [0.5, 0.6) is 0 Å². The van der Waals surface area contributed by atoms with Gasteiger partial charge in [0.25, 0.3) is 0 Å². The van der Waals surface area contributed by atoms with Gasteiger partial charge in [0.15, 0.2) is 0 Å². The molecule has 0 amide bonds. The third-order valence-corrected chi connectivity index (χ3v) is 3.46. The molecular formula is C13H20N2. The lowest BCUT2D eigenvalue weighted by Crippen LogP contribution is -2.09. The summed E-state index contributed by atoms with van der Waals surface area (Å²) in [5, 5.41) is 0. The molecule has 15 heavy (non-hydrogen) atoms. The first-order chi connectivity index (χ1) is 7.31. The zero-order chi connectivity index (χ0) is 10.7. The van der Waals surface area contributed by atoms with Crippen molar-refractivity contribution in [3.05, 3.63) is 29.1 Å². The predicted octanol–water partition coefficient (Wildman–Crippen LogP) is 2.90. The van der Waals surface area contributed by atoms with Crippen molar-refractivity contribution in [3.8, 4) is 0 Å². The highest BCUT2D eigenvalue weighted by Gasteiger charge is 2.16. The fourth-order valence-electron chi connectivity index (χ4n) is 2.45. The van der Waals surface area contributed by atoms with Crippen molar-refractivity contribution >= 4 is 0 Å². The Hall–Kier alpha value is -0.890. The molecule has 0 bridgehead atoms. The van der Waals surface area contributed by atoms with E-state index >= 15 is 0 Å². The molecule has 0 spiro atoms. The highest BCUT2D eigenvalue weighted by atomic mass is 14.7. The summed E-state index contributed by atoms with van der Waals surface area (Å²) in [5.74, 6) is 0.698. The van der Waals surface area contributed by atoms with E-state index in [0.29, 0.717) is 12.5 Å². The van der Waals surface area contributed by atoms with Gasteiger partial charge < -0.3 is 5.73 Å². The van der Waals surface area contributed by atoms with Crippen molar-refractivity contribution in [3.63, 3.8) is 0 Å². The van der Waals surface area contributed by atoms with E-state index in [-0.39, 0.29) is 0 Å². The van der Waals surface area contributed by atoms with Crippen LogP contribution in [0.15, 0.2) is 12.1 Å². The average molecular weight is 204 g/mol. The van der Waals surface area contributed by atoms with Gasteiger partial charge in [-0.3, -0.25) is 4.98 Å². The van der Waals surface area contributed by atoms with Crippen LogP contribution in [0.25, 0.3) is 0 Å². The lowest BCUT2D eigenvalue weighted by atomic mass is 9.86. The topological polar surface area (TPSA) is 38.9 Å². The molecular weight excluding hydrogens is 184 g/mol. The molecule has 1 fully saturated rings. The van der Waals surface area contributed by atoms with Crippen LogP contribution in [0.4, 0.5) is 0 Å². The maximum Gasteiger partial charge on any atom is 0.0437 e. The maximum atomic E-state index is 5.64. The van der Waals surface area contributed by atoms with Crippen molar-refractivity contribution in [1.29, 1.82) is 0 Å². The number of aromatic nitrogens is 1. The maximum absolute atomic E-state index is 5.64. The van der Waals surface area contributed by atoms with Crippen LogP contribution in [0.2, 0.25) is 0 Å². The molecule has 1 aromatic heterocycles. The van der Waals surface area contributed by atoms with Gasteiger partial charge in [0.1, 0.15) is 0 Å². The van der Waals surface area contributed by atoms with E-state index in [0.717, 1.165) is 5.69 Å². The molecule has 0 radical (unpaired) electrons. The second kappa shape index (κ2) is 4.75. The van der Waals surface area contributed by atoms with E-state index in [4.69, 9.17) is 5.73 Å². The summed E-state index contributed by atoms with van der Waals surface area (Å²) in [7, 11) is 0. The van der Waals surface area contributed by atoms with Gasteiger partial charge in [-0.1, -0.05) is 25.3 Å². The molecule has 2 rings (SSSR count). The molecule has 2 N–H and O–H groups in total. The van der Waals surface area contributed by atoms with Gasteiger partial charge in [0, 0.05) is 23.9 Å². The third-order valence-electron chi connectivity index (χ3n) is 3.46. The molecule has 0 aromatic carbocycles. The SMILES string of the molecule is Cc1nc(C2CCCCC2)ccc1CN. The minimum Gasteiger partial charge on any atom is -0.326 e. The molecule has 0 saturated heterocycles. The molecule has 82 valence electrons. The van der Waals surface area contributed by atoms with Crippen LogP contribution in [-0.4, -0.2) is 4.98 Å². The predicted molar refractivity (Wildman–Crippen MR) is 62.7 cm³/mol. The van der Waals surface area contributed by atoms with Gasteiger partial charge in [-0.25, -0.2) is 0 Å². The minimum atomic E-state index is 0.601. The fourth-order valence-corrected chi connectivity index (χ4v) is 2.45. The number of nitrogens with two attached hydrogens (primary N) is 1. The Labute approximate surface area is 91.9 Å². The molecule has 1 aliphatic carbocycles. The fraction of sp³-hybridized carbons (Fsp3) is 0.615. The van der Waals surface area contributed by atoms with Crippen molar-refractivity contribution in [2.45, 2.75) is 51.5 Å². The van der Waals surface area contributed by atoms with E-state index in [2.05, 4.69) is 24.0 Å². The van der Waals surface area contributed by atoms with E-state index in [9.17, 15) is 0 Å². The summed E-state index contributed by atoms with van der Waals surface area (Å²) in [5.41, 5.74) is 9.21. The van der Waals surface area contributed by atoms with Gasteiger partial charge in [-0.15, -0.1) is 0 Å². The van der Waals surface area contributed by atoms with Gasteiger partial charge in [0.2, 0.25) is 0 Å². The molecule has 0 unspecified atom stereocenters. The van der Waals surface area contributed by atoms with Gasteiger partial charge in [-0.2, -0.15) is 0 Å². The van der Waals surface area contributed by atoms with Crippen molar-refractivity contribution in [2.24, 2.45) is 5.73 Å². The molecule has 0 atom stereocenters. The van der Waals surface area contributed by atoms with Crippen LogP contribution < -0.4 is 5.73 Å². The van der Waals surface area contributed by atoms with Crippen molar-refractivity contribution in [1.82, 2.24) is 4.98 Å². The molecule has 1 heterocycles. The number of hydrogen-bond acceptors (Lipinski definition) is 2. The normalized spacial score (nSPS) is 18.0. The number of nitrogens with zero attached hydrogens (tertiary/aromatic N) is 1. The lowest BCUT2D eigenvalue weighted by molar-refractivity contribution is 0.436. The standard InChI is InChI=1S/C13H20N2/c1-10-12(9-14)7-8-13(15-10)11-5-3-2-4-6-11/h7-8,11H,2-6,9,14H2,1H3. The van der Waals surface area contributed by atoms with Gasteiger partial charge in [-0.05, 0) is 31.4 Å². The van der Waals surface area contributed by atoms with Crippen LogP contribution in [0.1, 0.15) is 55.0 Å². The molecule has 2 heteroatoms. The van der Waals surface area contributed by atoms with Gasteiger partial charge in [0.05, 0.1) is 0 Å². The largest absolute Gasteiger partial charge is 0.326 e. The Bertz CT molecular complexity index is 327. The monoisotopic (exact) mass is 204 g/mol. The highest BCUT2D eigenvalue weighted by Crippen LogP contribution is 2.31. The molecule has 1 aromatic rings. The third kappa shape index (κ3) is 2.37. The zero-order valence-electron chi connectivity index (χ0n) is 9.50. The smallest absolute Gasteiger partial charge is 0.0437 e. The van der Waals surface area contributed by atoms with E-state index in [1.165, 1.54) is 43.4 Å². The second-order valence-corrected chi connectivity index (χ2v) is 4.52. The van der Waals surface area contributed by atoms with E-state index < -0.39 is 0 Å². The summed E-state index contributed by atoms with van der Waals surface area (Å²) < 4.78 is 0. The van der Waals surface area contributed by atoms with Gasteiger partial charge >= 0.3 is 0 Å². The first-order valence-corrected chi connectivity index (χ1v) is 5.97. The summed E-state index contributed by atoms with van der Waals surface area (Å²) in [4.78, 5) is 4.69. The minimum absolute atomic E-state index is 0.601. The average Bonchev–Trinajstić information content (AvgIpc) is 2.30. The molecule has 1 saturated carbocycles. The molecule has 0 aliphatic heterocycles. The molecule has 1 aliphatic rings. The summed E-state index contributed by atoms with van der Waals surface area (Å²) in [6.45, 7) is 2.66. The highest BCUT2D eigenvalue weighted by molar-refractivity contribution is 5.23. The van der Waals surface area contributed by atoms with Crippen LogP contribution >= 0.6 is 0 Å². The summed E-state index contributed by atoms with van der Waals surface area (Å²) >= 11 is 0. The summed E-state index contributed by atoms with van der Waals surface area (Å²) in [6, 6.07) is 4.32. The first kappa shape index (κ1) is 10.6.